The molecule has 1 saturated carbocycles. The number of hydrogen-bond acceptors (Lipinski definition) is 3. The van der Waals surface area contributed by atoms with Gasteiger partial charge in [-0.15, -0.1) is 0 Å². The Morgan fingerprint density at radius 2 is 2.00 bits per heavy atom. The lowest BCUT2D eigenvalue weighted by molar-refractivity contribution is 0.0838. The zero-order chi connectivity index (χ0) is 11.4. The van der Waals surface area contributed by atoms with Crippen molar-refractivity contribution in [1.29, 1.82) is 0 Å². The Labute approximate surface area is 99.5 Å². The summed E-state index contributed by atoms with van der Waals surface area (Å²) in [5, 5.41) is 3.67. The molecule has 0 amide bonds. The van der Waals surface area contributed by atoms with Gasteiger partial charge in [0, 0.05) is 31.8 Å². The predicted octanol–water partition coefficient (Wildman–Crippen LogP) is 1.63. The van der Waals surface area contributed by atoms with Crippen molar-refractivity contribution in [2.45, 2.75) is 57.2 Å². The molecule has 2 atom stereocenters. The molecule has 3 heteroatoms. The van der Waals surface area contributed by atoms with Gasteiger partial charge in [-0.1, -0.05) is 12.8 Å². The van der Waals surface area contributed by atoms with E-state index >= 15 is 0 Å². The Morgan fingerprint density at radius 1 is 1.25 bits per heavy atom. The van der Waals surface area contributed by atoms with Gasteiger partial charge in [0.25, 0.3) is 0 Å². The fourth-order valence-electron chi connectivity index (χ4n) is 3.04. The van der Waals surface area contributed by atoms with Gasteiger partial charge in [0.15, 0.2) is 0 Å². The molecule has 0 aromatic rings. The molecule has 94 valence electrons. The lowest BCUT2D eigenvalue weighted by Gasteiger charge is -2.27. The third kappa shape index (κ3) is 3.19. The maximum atomic E-state index is 5.60. The number of nitrogens with zero attached hydrogens (tertiary/aromatic N) is 1. The van der Waals surface area contributed by atoms with Crippen molar-refractivity contribution in [2.24, 2.45) is 0 Å². The topological polar surface area (TPSA) is 24.5 Å². The minimum atomic E-state index is 0.413. The Balaban J connectivity index is 1.61. The smallest absolute Gasteiger partial charge is 0.0702 e. The summed E-state index contributed by atoms with van der Waals surface area (Å²) >= 11 is 0. The Morgan fingerprint density at radius 3 is 2.62 bits per heavy atom. The molecule has 0 spiro atoms. The maximum absolute atomic E-state index is 5.60. The molecule has 0 aromatic carbocycles. The van der Waals surface area contributed by atoms with Crippen LogP contribution in [0.5, 0.6) is 0 Å². The Hall–Kier alpha value is -0.120. The molecule has 3 nitrogen and oxygen atoms in total. The third-order valence-corrected chi connectivity index (χ3v) is 4.16. The van der Waals surface area contributed by atoms with Gasteiger partial charge in [-0.3, -0.25) is 4.90 Å². The highest BCUT2D eigenvalue weighted by atomic mass is 16.5. The van der Waals surface area contributed by atoms with Gasteiger partial charge in [0.1, 0.15) is 0 Å². The average Bonchev–Trinajstić information content (AvgIpc) is 2.88. The summed E-state index contributed by atoms with van der Waals surface area (Å²) in [6, 6.07) is 1.43. The van der Waals surface area contributed by atoms with Crippen molar-refractivity contribution >= 4 is 0 Å². The molecule has 0 radical (unpaired) electrons. The molecule has 2 fully saturated rings. The monoisotopic (exact) mass is 226 g/mol. The van der Waals surface area contributed by atoms with Crippen LogP contribution in [-0.2, 0) is 4.74 Å². The van der Waals surface area contributed by atoms with Gasteiger partial charge in [-0.05, 0) is 33.2 Å². The number of hydrogen-bond donors (Lipinski definition) is 1. The van der Waals surface area contributed by atoms with Crippen LogP contribution in [0.1, 0.15) is 39.0 Å². The van der Waals surface area contributed by atoms with E-state index in [1.165, 1.54) is 32.1 Å². The van der Waals surface area contributed by atoms with Crippen molar-refractivity contribution < 1.29 is 4.74 Å². The molecular formula is C13H26N2O. The largest absolute Gasteiger partial charge is 0.377 e. The zero-order valence-electron chi connectivity index (χ0n) is 10.7. The van der Waals surface area contributed by atoms with Crippen LogP contribution in [0.15, 0.2) is 0 Å². The van der Waals surface area contributed by atoms with Crippen LogP contribution in [0.2, 0.25) is 0 Å². The fraction of sp³-hybridized carbons (Fsp3) is 1.00. The zero-order valence-corrected chi connectivity index (χ0v) is 10.7. The maximum Gasteiger partial charge on any atom is 0.0702 e. The van der Waals surface area contributed by atoms with E-state index in [2.05, 4.69) is 24.2 Å². The summed E-state index contributed by atoms with van der Waals surface area (Å²) in [5.41, 5.74) is 0. The molecule has 2 unspecified atom stereocenters. The summed E-state index contributed by atoms with van der Waals surface area (Å²) in [4.78, 5) is 2.46. The van der Waals surface area contributed by atoms with Gasteiger partial charge >= 0.3 is 0 Å². The first-order chi connectivity index (χ1) is 7.77. The molecule has 2 aliphatic rings. The second kappa shape index (κ2) is 5.99. The summed E-state index contributed by atoms with van der Waals surface area (Å²) < 4.78 is 5.60. The summed E-state index contributed by atoms with van der Waals surface area (Å²) in [6.07, 6.45) is 7.21. The molecule has 0 bridgehead atoms. The van der Waals surface area contributed by atoms with Gasteiger partial charge in [-0.25, -0.2) is 0 Å². The minimum absolute atomic E-state index is 0.413. The van der Waals surface area contributed by atoms with Gasteiger partial charge in [0.05, 0.1) is 6.10 Å². The lowest BCUT2D eigenvalue weighted by Crippen LogP contribution is -2.42. The molecule has 1 heterocycles. The molecular weight excluding hydrogens is 200 g/mol. The summed E-state index contributed by atoms with van der Waals surface area (Å²) in [7, 11) is 2.23. The highest BCUT2D eigenvalue weighted by Crippen LogP contribution is 2.19. The van der Waals surface area contributed by atoms with Crippen LogP contribution in [0.25, 0.3) is 0 Å². The molecule has 2 rings (SSSR count). The first-order valence-electron chi connectivity index (χ1n) is 6.82. The summed E-state index contributed by atoms with van der Waals surface area (Å²) in [6.45, 7) is 5.41. The van der Waals surface area contributed by atoms with Crippen LogP contribution in [0.3, 0.4) is 0 Å². The number of nitrogens with one attached hydrogen (secondary N) is 1. The Kier molecular flexibility index (Phi) is 4.62. The van der Waals surface area contributed by atoms with Crippen LogP contribution in [-0.4, -0.2) is 49.8 Å². The van der Waals surface area contributed by atoms with Crippen molar-refractivity contribution in [2.75, 3.05) is 26.7 Å². The molecule has 1 N–H and O–H groups in total. The van der Waals surface area contributed by atoms with Crippen LogP contribution < -0.4 is 5.32 Å². The first-order valence-corrected chi connectivity index (χ1v) is 6.82. The third-order valence-electron chi connectivity index (χ3n) is 4.16. The molecule has 1 aliphatic carbocycles. The highest BCUT2D eigenvalue weighted by molar-refractivity contribution is 4.81. The van der Waals surface area contributed by atoms with Crippen molar-refractivity contribution in [3.63, 3.8) is 0 Å². The second-order valence-electron chi connectivity index (χ2n) is 5.35. The van der Waals surface area contributed by atoms with E-state index in [1.807, 2.05) is 0 Å². The lowest BCUT2D eigenvalue weighted by atomic mass is 10.1. The van der Waals surface area contributed by atoms with E-state index in [0.29, 0.717) is 12.1 Å². The number of rotatable bonds is 5. The average molecular weight is 226 g/mol. The van der Waals surface area contributed by atoms with E-state index in [0.717, 1.165) is 25.7 Å². The standard InChI is InChI=1S/C13H26N2O/c1-11-13(7-10-16-11)15(2)9-8-14-12-5-3-4-6-12/h11-14H,3-10H2,1-2H3. The Bertz CT molecular complexity index is 204. The quantitative estimate of drug-likeness (QED) is 0.771. The second-order valence-corrected chi connectivity index (χ2v) is 5.35. The molecule has 1 saturated heterocycles. The molecule has 16 heavy (non-hydrogen) atoms. The van der Waals surface area contributed by atoms with Gasteiger partial charge in [0.2, 0.25) is 0 Å². The van der Waals surface area contributed by atoms with Gasteiger partial charge < -0.3 is 10.1 Å². The van der Waals surface area contributed by atoms with Crippen molar-refractivity contribution in [3.05, 3.63) is 0 Å². The van der Waals surface area contributed by atoms with Crippen molar-refractivity contribution in [3.8, 4) is 0 Å². The SMILES string of the molecule is CC1OCCC1N(C)CCNC1CCCC1. The summed E-state index contributed by atoms with van der Waals surface area (Å²) in [5.74, 6) is 0. The predicted molar refractivity (Wildman–Crippen MR) is 66.7 cm³/mol. The van der Waals surface area contributed by atoms with Crippen LogP contribution in [0, 0.1) is 0 Å². The number of ether oxygens (including phenoxy) is 1. The van der Waals surface area contributed by atoms with Crippen molar-refractivity contribution in [1.82, 2.24) is 10.2 Å². The molecule has 0 aromatic heterocycles. The van der Waals surface area contributed by atoms with Crippen LogP contribution >= 0.6 is 0 Å². The first kappa shape index (κ1) is 12.3. The van der Waals surface area contributed by atoms with E-state index in [4.69, 9.17) is 4.74 Å². The van der Waals surface area contributed by atoms with Gasteiger partial charge in [-0.2, -0.15) is 0 Å². The van der Waals surface area contributed by atoms with E-state index < -0.39 is 0 Å². The minimum Gasteiger partial charge on any atom is -0.377 e. The fourth-order valence-corrected chi connectivity index (χ4v) is 3.04. The highest BCUT2D eigenvalue weighted by Gasteiger charge is 2.27. The normalized spacial score (nSPS) is 31.7. The van der Waals surface area contributed by atoms with E-state index in [1.54, 1.807) is 0 Å². The van der Waals surface area contributed by atoms with Crippen LogP contribution in [0.4, 0.5) is 0 Å². The van der Waals surface area contributed by atoms with E-state index in [9.17, 15) is 0 Å². The molecule has 1 aliphatic heterocycles. The number of likely N-dealkylation sites (N-methyl/N-ethyl adjacent to an activating group) is 1. The van der Waals surface area contributed by atoms with E-state index in [-0.39, 0.29) is 0 Å².